The van der Waals surface area contributed by atoms with E-state index in [1.54, 1.807) is 24.5 Å². The van der Waals surface area contributed by atoms with Crippen LogP contribution in [0.2, 0.25) is 0 Å². The lowest BCUT2D eigenvalue weighted by molar-refractivity contribution is -0.192. The van der Waals surface area contributed by atoms with E-state index in [1.807, 2.05) is 13.0 Å². The monoisotopic (exact) mass is 511 g/mol. The summed E-state index contributed by atoms with van der Waals surface area (Å²) in [5.74, 6) is -0.836. The zero-order valence-electron chi connectivity index (χ0n) is 19.5. The molecule has 1 fully saturated rings. The maximum atomic E-state index is 14.2. The fourth-order valence-corrected chi connectivity index (χ4v) is 3.47. The van der Waals surface area contributed by atoms with Gasteiger partial charge >= 0.3 is 12.1 Å². The summed E-state index contributed by atoms with van der Waals surface area (Å²) in [6.07, 6.45) is -0.150. The van der Waals surface area contributed by atoms with E-state index in [1.165, 1.54) is 13.2 Å². The average molecular weight is 511 g/mol. The Morgan fingerprint density at radius 1 is 1.19 bits per heavy atom. The molecule has 4 rings (SSSR count). The van der Waals surface area contributed by atoms with Gasteiger partial charge in [0.2, 0.25) is 0 Å². The number of carboxylic acid groups (broad SMARTS) is 1. The zero-order chi connectivity index (χ0) is 26.3. The fourth-order valence-electron chi connectivity index (χ4n) is 3.47. The van der Waals surface area contributed by atoms with Crippen molar-refractivity contribution in [2.24, 2.45) is 0 Å². The molecule has 9 nitrogen and oxygen atoms in total. The molecule has 1 aliphatic heterocycles. The Hall–Kier alpha value is -3.90. The third-order valence-corrected chi connectivity index (χ3v) is 5.21. The number of rotatable bonds is 6. The fraction of sp³-hybridized carbons (Fsp3) is 0.391. The van der Waals surface area contributed by atoms with Crippen LogP contribution in [0.25, 0.3) is 11.0 Å². The molecule has 0 radical (unpaired) electrons. The number of alkyl halides is 3. The molecular weight excluding hydrogens is 486 g/mol. The molecule has 0 bridgehead atoms. The molecule has 36 heavy (non-hydrogen) atoms. The Labute approximate surface area is 204 Å². The van der Waals surface area contributed by atoms with E-state index >= 15 is 0 Å². The molecule has 1 aromatic carbocycles. The average Bonchev–Trinajstić information content (AvgIpc) is 2.85. The molecule has 1 saturated heterocycles. The number of benzene rings is 1. The largest absolute Gasteiger partial charge is 0.497 e. The number of fused-ring (bicyclic) bond motifs is 1. The first-order chi connectivity index (χ1) is 17.1. The third-order valence-electron chi connectivity index (χ3n) is 5.21. The predicted octanol–water partition coefficient (Wildman–Crippen LogP) is 4.29. The Morgan fingerprint density at radius 3 is 2.47 bits per heavy atom. The van der Waals surface area contributed by atoms with Crippen LogP contribution in [0.15, 0.2) is 36.7 Å². The number of nitrogens with one attached hydrogen (secondary N) is 1. The molecule has 2 aromatic heterocycles. The number of pyridine rings is 1. The highest BCUT2D eigenvalue weighted by Crippen LogP contribution is 2.30. The van der Waals surface area contributed by atoms with Crippen molar-refractivity contribution < 1.29 is 36.9 Å². The summed E-state index contributed by atoms with van der Waals surface area (Å²) >= 11 is 0. The number of piperidine rings is 1. The van der Waals surface area contributed by atoms with E-state index in [4.69, 9.17) is 24.4 Å². The first-order valence-electron chi connectivity index (χ1n) is 11.0. The summed E-state index contributed by atoms with van der Waals surface area (Å²) in [5, 5.41) is 10.4. The summed E-state index contributed by atoms with van der Waals surface area (Å²) in [7, 11) is 1.51. The summed E-state index contributed by atoms with van der Waals surface area (Å²) in [6.45, 7) is 4.30. The van der Waals surface area contributed by atoms with Gasteiger partial charge in [-0.05, 0) is 25.1 Å². The van der Waals surface area contributed by atoms with E-state index in [0.717, 1.165) is 55.1 Å². The van der Waals surface area contributed by atoms with E-state index < -0.39 is 18.0 Å². The number of hydrogen-bond donors (Lipinski definition) is 2. The highest BCUT2D eigenvalue weighted by atomic mass is 19.4. The van der Waals surface area contributed by atoms with Gasteiger partial charge in [0, 0.05) is 44.7 Å². The number of nitrogens with zero attached hydrogens (tertiary/aromatic N) is 4. The van der Waals surface area contributed by atoms with Gasteiger partial charge in [-0.1, -0.05) is 0 Å². The summed E-state index contributed by atoms with van der Waals surface area (Å²) < 4.78 is 56.8. The van der Waals surface area contributed by atoms with Gasteiger partial charge in [0.25, 0.3) is 0 Å². The van der Waals surface area contributed by atoms with Crippen LogP contribution in [0.3, 0.4) is 0 Å². The molecule has 0 saturated carbocycles. The van der Waals surface area contributed by atoms with Crippen molar-refractivity contribution in [3.8, 4) is 11.5 Å². The van der Waals surface area contributed by atoms with E-state index in [2.05, 4.69) is 20.2 Å². The summed E-state index contributed by atoms with van der Waals surface area (Å²) in [6, 6.07) is 6.53. The minimum Gasteiger partial charge on any atom is -0.497 e. The Kier molecular flexibility index (Phi) is 8.67. The number of hydrogen-bond acceptors (Lipinski definition) is 8. The Bertz CT molecular complexity index is 1190. The van der Waals surface area contributed by atoms with Crippen molar-refractivity contribution in [1.29, 1.82) is 0 Å². The number of anilines is 2. The lowest BCUT2D eigenvalue weighted by Crippen LogP contribution is -2.39. The molecule has 0 aliphatic carbocycles. The number of carboxylic acids is 1. The molecule has 0 unspecified atom stereocenters. The molecule has 194 valence electrons. The van der Waals surface area contributed by atoms with Crippen LogP contribution in [0, 0.1) is 5.82 Å². The maximum Gasteiger partial charge on any atom is 0.490 e. The van der Waals surface area contributed by atoms with Gasteiger partial charge in [-0.3, -0.25) is 4.98 Å². The minimum atomic E-state index is -5.08. The van der Waals surface area contributed by atoms with Gasteiger partial charge in [0.05, 0.1) is 18.8 Å². The maximum absolute atomic E-state index is 14.2. The molecular formula is C23H25F4N5O4. The lowest BCUT2D eigenvalue weighted by Gasteiger charge is -2.33. The predicted molar refractivity (Wildman–Crippen MR) is 124 cm³/mol. The van der Waals surface area contributed by atoms with Crippen LogP contribution in [-0.2, 0) is 4.79 Å². The summed E-state index contributed by atoms with van der Waals surface area (Å²) in [5.41, 5.74) is 1.58. The van der Waals surface area contributed by atoms with Crippen molar-refractivity contribution in [1.82, 2.24) is 15.0 Å². The topological polar surface area (TPSA) is 110 Å². The Morgan fingerprint density at radius 2 is 1.89 bits per heavy atom. The summed E-state index contributed by atoms with van der Waals surface area (Å²) in [4.78, 5) is 24.7. The molecule has 1 aliphatic rings. The van der Waals surface area contributed by atoms with Crippen LogP contribution in [0.4, 0.5) is 29.2 Å². The van der Waals surface area contributed by atoms with Gasteiger partial charge in [0.1, 0.15) is 17.4 Å². The van der Waals surface area contributed by atoms with Crippen molar-refractivity contribution in [2.45, 2.75) is 32.0 Å². The van der Waals surface area contributed by atoms with Gasteiger partial charge in [0.15, 0.2) is 23.2 Å². The van der Waals surface area contributed by atoms with Crippen molar-refractivity contribution in [3.63, 3.8) is 0 Å². The van der Waals surface area contributed by atoms with Gasteiger partial charge in [-0.25, -0.2) is 19.2 Å². The first kappa shape index (κ1) is 26.7. The molecule has 0 amide bonds. The number of ether oxygens (including phenoxy) is 2. The number of aromatic nitrogens is 3. The number of halogens is 4. The standard InChI is InChI=1S/C21H24FN5O2.C2HF3O2/c1-3-24-20-21(26-17-6-9-23-13-18(17)25-20)27-10-7-14(8-11-27)29-19-5-4-15(28-2)12-16(19)22;3-2(4,5)1(6)7/h4-6,9,12-14H,3,7-8,10-11H2,1-2H3,(H,24,25);(H,6,7). The second-order valence-corrected chi connectivity index (χ2v) is 7.69. The van der Waals surface area contributed by atoms with E-state index in [0.29, 0.717) is 5.75 Å². The quantitative estimate of drug-likeness (QED) is 0.469. The van der Waals surface area contributed by atoms with Crippen LogP contribution < -0.4 is 19.7 Å². The molecule has 0 spiro atoms. The normalized spacial score (nSPS) is 14.1. The van der Waals surface area contributed by atoms with Gasteiger partial charge in [-0.15, -0.1) is 0 Å². The molecule has 13 heteroatoms. The van der Waals surface area contributed by atoms with Crippen LogP contribution in [0.5, 0.6) is 11.5 Å². The molecule has 3 heterocycles. The van der Waals surface area contributed by atoms with Gasteiger partial charge < -0.3 is 24.8 Å². The van der Waals surface area contributed by atoms with E-state index in [9.17, 15) is 17.6 Å². The zero-order valence-corrected chi connectivity index (χ0v) is 19.5. The highest BCUT2D eigenvalue weighted by Gasteiger charge is 2.38. The van der Waals surface area contributed by atoms with Crippen molar-refractivity contribution >= 4 is 28.6 Å². The highest BCUT2D eigenvalue weighted by molar-refractivity contribution is 5.79. The second kappa shape index (κ2) is 11.7. The van der Waals surface area contributed by atoms with Crippen LogP contribution in [-0.4, -0.2) is 65.1 Å². The number of aliphatic carboxylic acids is 1. The van der Waals surface area contributed by atoms with E-state index in [-0.39, 0.29) is 11.9 Å². The molecule has 0 atom stereocenters. The van der Waals surface area contributed by atoms with Crippen molar-refractivity contribution in [2.75, 3.05) is 37.0 Å². The third kappa shape index (κ3) is 6.83. The smallest absolute Gasteiger partial charge is 0.490 e. The Balaban J connectivity index is 0.000000454. The van der Waals surface area contributed by atoms with Gasteiger partial charge in [-0.2, -0.15) is 13.2 Å². The SMILES string of the molecule is CCNc1nc2cnccc2nc1N1CCC(Oc2ccc(OC)cc2F)CC1.O=C(O)C(F)(F)F. The second-order valence-electron chi connectivity index (χ2n) is 7.69. The first-order valence-corrected chi connectivity index (χ1v) is 11.0. The lowest BCUT2D eigenvalue weighted by atomic mass is 10.1. The minimum absolute atomic E-state index is 0.0469. The van der Waals surface area contributed by atoms with Crippen molar-refractivity contribution in [3.05, 3.63) is 42.5 Å². The molecule has 2 N–H and O–H groups in total. The molecule has 3 aromatic rings. The van der Waals surface area contributed by atoms with Crippen LogP contribution >= 0.6 is 0 Å². The van der Waals surface area contributed by atoms with Crippen LogP contribution in [0.1, 0.15) is 19.8 Å². The number of methoxy groups -OCH3 is 1. The number of carbonyl (C=O) groups is 1.